The quantitative estimate of drug-likeness (QED) is 0.542. The van der Waals surface area contributed by atoms with Crippen LogP contribution in [-0.2, 0) is 14.4 Å². The topological polar surface area (TPSA) is 42.9 Å². The average molecular weight is 326 g/mol. The summed E-state index contributed by atoms with van der Waals surface area (Å²) in [7, 11) is 0. The lowest BCUT2D eigenvalue weighted by Gasteiger charge is -2.10. The number of aromatic nitrogens is 2. The molecule has 0 aromatic carbocycles. The molecule has 0 radical (unpaired) electrons. The van der Waals surface area contributed by atoms with Gasteiger partial charge >= 0.3 is 0 Å². The van der Waals surface area contributed by atoms with Crippen LogP contribution in [0.15, 0.2) is 6.20 Å². The van der Waals surface area contributed by atoms with Crippen LogP contribution in [-0.4, -0.2) is 15.8 Å². The van der Waals surface area contributed by atoms with E-state index in [0.29, 0.717) is 5.69 Å². The number of halogens is 3. The number of nitrogens with zero attached hydrogens (tertiary/aromatic N) is 2. The number of hydrogen-bond donors (Lipinski definition) is 0. The van der Waals surface area contributed by atoms with Gasteiger partial charge in [-0.2, -0.15) is 0 Å². The Hall–Kier alpha value is 0. The third-order valence-electron chi connectivity index (χ3n) is 1.85. The van der Waals surface area contributed by atoms with E-state index >= 15 is 0 Å². The number of ketones is 1. The van der Waals surface area contributed by atoms with Crippen molar-refractivity contribution in [2.45, 2.75) is 9.65 Å². The fourth-order valence-corrected chi connectivity index (χ4v) is 2.30. The van der Waals surface area contributed by atoms with Gasteiger partial charge in [0.15, 0.2) is 9.02 Å². The number of hydrogen-bond acceptors (Lipinski definition) is 3. The van der Waals surface area contributed by atoms with E-state index in [-0.39, 0.29) is 17.5 Å². The Balaban J connectivity index is 2.62. The van der Waals surface area contributed by atoms with Crippen LogP contribution in [0.4, 0.5) is 0 Å². The average Bonchev–Trinajstić information content (AvgIpc) is 2.23. The minimum absolute atomic E-state index is 0.0130. The van der Waals surface area contributed by atoms with Gasteiger partial charge in [0.25, 0.3) is 0 Å². The van der Waals surface area contributed by atoms with E-state index in [2.05, 4.69) is 41.8 Å². The van der Waals surface area contributed by atoms with E-state index in [9.17, 15) is 4.79 Å². The maximum Gasteiger partial charge on any atom is 0.222 e. The Morgan fingerprint density at radius 3 is 2.92 bits per heavy atom. The SMILES string of the molecule is O=C1Cc2nc(Cl)ncc2C1(Br)Br. The summed E-state index contributed by atoms with van der Waals surface area (Å²) in [6.45, 7) is 0. The molecule has 0 spiro atoms. The van der Waals surface area contributed by atoms with Gasteiger partial charge in [0.05, 0.1) is 12.1 Å². The van der Waals surface area contributed by atoms with E-state index in [1.54, 1.807) is 6.20 Å². The van der Waals surface area contributed by atoms with Gasteiger partial charge in [0.1, 0.15) is 0 Å². The molecule has 68 valence electrons. The Bertz CT molecular complexity index is 394. The van der Waals surface area contributed by atoms with Crippen LogP contribution in [0, 0.1) is 0 Å². The van der Waals surface area contributed by atoms with Crippen LogP contribution in [0.1, 0.15) is 11.3 Å². The summed E-state index contributed by atoms with van der Waals surface area (Å²) in [6.07, 6.45) is 1.84. The van der Waals surface area contributed by atoms with Crippen molar-refractivity contribution in [1.82, 2.24) is 9.97 Å². The first-order valence-corrected chi connectivity index (χ1v) is 5.41. The normalized spacial score (nSPS) is 18.8. The van der Waals surface area contributed by atoms with Gasteiger partial charge in [0.2, 0.25) is 5.28 Å². The van der Waals surface area contributed by atoms with Crippen molar-refractivity contribution < 1.29 is 4.79 Å². The van der Waals surface area contributed by atoms with Crippen LogP contribution in [0.3, 0.4) is 0 Å². The smallest absolute Gasteiger partial charge is 0.222 e. The van der Waals surface area contributed by atoms with Crippen molar-refractivity contribution >= 4 is 49.2 Å². The summed E-state index contributed by atoms with van der Waals surface area (Å²) in [5, 5.41) is 0.171. The lowest BCUT2D eigenvalue weighted by atomic mass is 10.3. The van der Waals surface area contributed by atoms with Crippen molar-refractivity contribution in [3.8, 4) is 0 Å². The van der Waals surface area contributed by atoms with Crippen LogP contribution in [0.5, 0.6) is 0 Å². The van der Waals surface area contributed by atoms with Gasteiger partial charge in [0, 0.05) is 11.8 Å². The summed E-state index contributed by atoms with van der Waals surface area (Å²) < 4.78 is -0.820. The van der Waals surface area contributed by atoms with Crippen LogP contribution in [0.25, 0.3) is 0 Å². The molecule has 1 heterocycles. The second-order valence-electron chi connectivity index (χ2n) is 2.67. The van der Waals surface area contributed by atoms with E-state index in [1.807, 2.05) is 0 Å². The summed E-state index contributed by atoms with van der Waals surface area (Å²) in [5.41, 5.74) is 1.42. The molecule has 13 heavy (non-hydrogen) atoms. The molecule has 6 heteroatoms. The molecular weight excluding hydrogens is 323 g/mol. The van der Waals surface area contributed by atoms with Crippen molar-refractivity contribution in [1.29, 1.82) is 0 Å². The predicted octanol–water partition coefficient (Wildman–Crippen LogP) is 2.20. The molecule has 0 N–H and O–H groups in total. The van der Waals surface area contributed by atoms with Crippen LogP contribution >= 0.6 is 43.5 Å². The first-order valence-electron chi connectivity index (χ1n) is 3.45. The van der Waals surface area contributed by atoms with Crippen molar-refractivity contribution in [2.24, 2.45) is 0 Å². The second kappa shape index (κ2) is 3.00. The van der Waals surface area contributed by atoms with E-state index in [4.69, 9.17) is 11.6 Å². The first kappa shape index (κ1) is 9.55. The Labute approximate surface area is 96.2 Å². The lowest BCUT2D eigenvalue weighted by molar-refractivity contribution is -0.117. The highest BCUT2D eigenvalue weighted by atomic mass is 79.9. The highest BCUT2D eigenvalue weighted by Gasteiger charge is 2.43. The number of fused-ring (bicyclic) bond motifs is 1. The fraction of sp³-hybridized carbons (Fsp3) is 0.286. The highest BCUT2D eigenvalue weighted by molar-refractivity contribution is 9.25. The minimum atomic E-state index is -0.820. The lowest BCUT2D eigenvalue weighted by Crippen LogP contribution is -2.15. The molecule has 0 saturated heterocycles. The largest absolute Gasteiger partial charge is 0.296 e. The molecule has 0 bridgehead atoms. The van der Waals surface area contributed by atoms with Gasteiger partial charge in [-0.3, -0.25) is 4.79 Å². The van der Waals surface area contributed by atoms with Gasteiger partial charge in [-0.05, 0) is 11.6 Å². The Morgan fingerprint density at radius 2 is 2.23 bits per heavy atom. The monoisotopic (exact) mass is 324 g/mol. The molecule has 0 atom stereocenters. The highest BCUT2D eigenvalue weighted by Crippen LogP contribution is 2.45. The van der Waals surface area contributed by atoms with Crippen molar-refractivity contribution in [2.75, 3.05) is 0 Å². The van der Waals surface area contributed by atoms with E-state index in [1.165, 1.54) is 0 Å². The maximum absolute atomic E-state index is 11.5. The number of Topliss-reactive ketones (excluding diaryl/α,β-unsaturated/α-hetero) is 1. The molecule has 2 rings (SSSR count). The first-order chi connectivity index (χ1) is 6.01. The summed E-state index contributed by atoms with van der Waals surface area (Å²) in [6, 6.07) is 0. The third kappa shape index (κ3) is 1.43. The number of carbonyl (C=O) groups is 1. The number of rotatable bonds is 0. The predicted molar refractivity (Wildman–Crippen MR) is 55.3 cm³/mol. The number of alkyl halides is 2. The molecule has 1 aliphatic rings. The summed E-state index contributed by atoms with van der Waals surface area (Å²) in [5.74, 6) is 0.0130. The second-order valence-corrected chi connectivity index (χ2v) is 6.45. The molecule has 0 saturated carbocycles. The molecule has 0 amide bonds. The summed E-state index contributed by atoms with van der Waals surface area (Å²) >= 11 is 12.2. The standard InChI is InChI=1S/C7H3Br2ClN2O/c8-7(9)3-2-11-6(10)12-4(3)1-5(7)13/h2H,1H2. The Kier molecular flexibility index (Phi) is 2.20. The zero-order valence-corrected chi connectivity index (χ0v) is 10.1. The minimum Gasteiger partial charge on any atom is -0.296 e. The molecule has 0 unspecified atom stereocenters. The third-order valence-corrected chi connectivity index (χ3v) is 3.78. The van der Waals surface area contributed by atoms with Gasteiger partial charge in [-0.1, -0.05) is 31.9 Å². The molecule has 1 aromatic rings. The molecular formula is C7H3Br2ClN2O. The van der Waals surface area contributed by atoms with Crippen LogP contribution < -0.4 is 0 Å². The van der Waals surface area contributed by atoms with Crippen molar-refractivity contribution in [3.63, 3.8) is 0 Å². The van der Waals surface area contributed by atoms with Crippen molar-refractivity contribution in [3.05, 3.63) is 22.7 Å². The molecule has 0 fully saturated rings. The Morgan fingerprint density at radius 1 is 1.54 bits per heavy atom. The van der Waals surface area contributed by atoms with Crippen LogP contribution in [0.2, 0.25) is 5.28 Å². The van der Waals surface area contributed by atoms with Gasteiger partial charge in [-0.15, -0.1) is 0 Å². The van der Waals surface area contributed by atoms with Gasteiger partial charge in [-0.25, -0.2) is 9.97 Å². The fourth-order valence-electron chi connectivity index (χ4n) is 1.20. The molecule has 1 aliphatic carbocycles. The van der Waals surface area contributed by atoms with E-state index < -0.39 is 3.23 Å². The zero-order valence-electron chi connectivity index (χ0n) is 6.22. The summed E-state index contributed by atoms with van der Waals surface area (Å²) in [4.78, 5) is 19.3. The van der Waals surface area contributed by atoms with E-state index in [0.717, 1.165) is 5.56 Å². The molecule has 0 aliphatic heterocycles. The van der Waals surface area contributed by atoms with Gasteiger partial charge < -0.3 is 0 Å². The molecule has 1 aromatic heterocycles. The maximum atomic E-state index is 11.5. The zero-order chi connectivity index (χ0) is 9.64. The molecule has 3 nitrogen and oxygen atoms in total. The number of carbonyl (C=O) groups excluding carboxylic acids is 1.